The van der Waals surface area contributed by atoms with E-state index in [9.17, 15) is 14.0 Å². The lowest BCUT2D eigenvalue weighted by Gasteiger charge is -2.28. The van der Waals surface area contributed by atoms with Crippen LogP contribution in [0.2, 0.25) is 0 Å². The first-order valence-electron chi connectivity index (χ1n) is 10.9. The van der Waals surface area contributed by atoms with E-state index < -0.39 is 0 Å². The molecule has 4 rings (SSSR count). The number of aromatic nitrogens is 2. The molecule has 0 spiro atoms. The molecule has 1 aromatic carbocycles. The summed E-state index contributed by atoms with van der Waals surface area (Å²) in [4.78, 5) is 30.2. The van der Waals surface area contributed by atoms with Gasteiger partial charge in [0, 0.05) is 36.3 Å². The summed E-state index contributed by atoms with van der Waals surface area (Å²) >= 11 is 1.57. The molecule has 168 valence electrons. The molecule has 0 saturated carbocycles. The monoisotopic (exact) mass is 454 g/mol. The van der Waals surface area contributed by atoms with Gasteiger partial charge >= 0.3 is 0 Å². The number of thiophene rings is 1. The van der Waals surface area contributed by atoms with Crippen LogP contribution in [0.25, 0.3) is 11.3 Å². The number of hydrogen-bond acceptors (Lipinski definition) is 4. The SMILES string of the molecule is CN(CCCc1cc(-c2cccc(F)c2)n[nH]1)C(=O)C1CCCN1C(=O)Cc1cccs1. The fourth-order valence-electron chi connectivity index (χ4n) is 4.14. The molecular weight excluding hydrogens is 427 g/mol. The first-order chi connectivity index (χ1) is 15.5. The van der Waals surface area contributed by atoms with Crippen LogP contribution in [0.4, 0.5) is 4.39 Å². The lowest BCUT2D eigenvalue weighted by molar-refractivity contribution is -0.142. The number of nitrogens with zero attached hydrogens (tertiary/aromatic N) is 3. The summed E-state index contributed by atoms with van der Waals surface area (Å²) in [5, 5.41) is 9.23. The third-order valence-electron chi connectivity index (χ3n) is 5.83. The quantitative estimate of drug-likeness (QED) is 0.561. The van der Waals surface area contributed by atoms with Crippen LogP contribution >= 0.6 is 11.3 Å². The van der Waals surface area contributed by atoms with Gasteiger partial charge in [0.2, 0.25) is 11.8 Å². The normalized spacial score (nSPS) is 15.8. The van der Waals surface area contributed by atoms with Crippen molar-refractivity contribution in [1.82, 2.24) is 20.0 Å². The largest absolute Gasteiger partial charge is 0.344 e. The van der Waals surface area contributed by atoms with Gasteiger partial charge in [0.1, 0.15) is 11.9 Å². The second-order valence-electron chi connectivity index (χ2n) is 8.15. The summed E-state index contributed by atoms with van der Waals surface area (Å²) in [6.07, 6.45) is 3.43. The van der Waals surface area contributed by atoms with Crippen molar-refractivity contribution in [3.63, 3.8) is 0 Å². The Bertz CT molecular complexity index is 1070. The number of hydrogen-bond donors (Lipinski definition) is 1. The Morgan fingerprint density at radius 1 is 1.28 bits per heavy atom. The van der Waals surface area contributed by atoms with Crippen LogP contribution in [0.3, 0.4) is 0 Å². The number of rotatable bonds is 8. The van der Waals surface area contributed by atoms with Crippen molar-refractivity contribution in [2.24, 2.45) is 0 Å². The van der Waals surface area contributed by atoms with E-state index in [1.165, 1.54) is 12.1 Å². The third kappa shape index (κ3) is 5.24. The van der Waals surface area contributed by atoms with Crippen molar-refractivity contribution in [1.29, 1.82) is 0 Å². The summed E-state index contributed by atoms with van der Waals surface area (Å²) in [7, 11) is 1.80. The Morgan fingerprint density at radius 3 is 2.94 bits per heavy atom. The molecule has 2 amide bonds. The Balaban J connectivity index is 1.28. The highest BCUT2D eigenvalue weighted by Gasteiger charge is 2.35. The predicted octanol–water partition coefficient (Wildman–Crippen LogP) is 3.90. The highest BCUT2D eigenvalue weighted by atomic mass is 32.1. The minimum absolute atomic E-state index is 0.00656. The van der Waals surface area contributed by atoms with Crippen LogP contribution in [-0.4, -0.2) is 58.0 Å². The van der Waals surface area contributed by atoms with Gasteiger partial charge in [-0.25, -0.2) is 4.39 Å². The average Bonchev–Trinajstić information content (AvgIpc) is 3.54. The molecule has 32 heavy (non-hydrogen) atoms. The molecule has 8 heteroatoms. The first kappa shape index (κ1) is 22.2. The molecule has 1 atom stereocenters. The molecule has 2 aromatic heterocycles. The molecule has 1 N–H and O–H groups in total. The smallest absolute Gasteiger partial charge is 0.245 e. The lowest BCUT2D eigenvalue weighted by Crippen LogP contribution is -2.47. The third-order valence-corrected chi connectivity index (χ3v) is 6.71. The zero-order valence-electron chi connectivity index (χ0n) is 18.1. The van der Waals surface area contributed by atoms with Gasteiger partial charge in [0.15, 0.2) is 0 Å². The van der Waals surface area contributed by atoms with Crippen molar-refractivity contribution in [3.8, 4) is 11.3 Å². The maximum atomic E-state index is 13.4. The highest BCUT2D eigenvalue weighted by Crippen LogP contribution is 2.22. The first-order valence-corrected chi connectivity index (χ1v) is 11.8. The van der Waals surface area contributed by atoms with Crippen LogP contribution in [0.15, 0.2) is 47.8 Å². The molecule has 1 unspecified atom stereocenters. The van der Waals surface area contributed by atoms with Gasteiger partial charge in [-0.1, -0.05) is 18.2 Å². The number of halogens is 1. The van der Waals surface area contributed by atoms with Crippen LogP contribution < -0.4 is 0 Å². The average molecular weight is 455 g/mol. The summed E-state index contributed by atoms with van der Waals surface area (Å²) < 4.78 is 13.4. The summed E-state index contributed by atoms with van der Waals surface area (Å²) in [6, 6.07) is 11.8. The van der Waals surface area contributed by atoms with E-state index in [1.807, 2.05) is 29.6 Å². The van der Waals surface area contributed by atoms with Crippen LogP contribution in [-0.2, 0) is 22.4 Å². The van der Waals surface area contributed by atoms with E-state index in [0.29, 0.717) is 25.2 Å². The molecule has 1 saturated heterocycles. The van der Waals surface area contributed by atoms with Crippen LogP contribution in [0.1, 0.15) is 29.8 Å². The summed E-state index contributed by atoms with van der Waals surface area (Å²) in [6.45, 7) is 1.24. The predicted molar refractivity (Wildman–Crippen MR) is 123 cm³/mol. The Kier molecular flexibility index (Phi) is 6.99. The van der Waals surface area contributed by atoms with Crippen molar-refractivity contribution in [2.75, 3.05) is 20.1 Å². The molecular formula is C24H27FN4O2S. The maximum absolute atomic E-state index is 13.4. The number of likely N-dealkylation sites (tertiary alicyclic amines) is 1. The Labute approximate surface area is 191 Å². The number of likely N-dealkylation sites (N-methyl/N-ethyl adjacent to an activating group) is 1. The molecule has 1 fully saturated rings. The fourth-order valence-corrected chi connectivity index (χ4v) is 4.84. The fraction of sp³-hybridized carbons (Fsp3) is 0.375. The van der Waals surface area contributed by atoms with Crippen molar-refractivity contribution >= 4 is 23.2 Å². The molecule has 6 nitrogen and oxygen atoms in total. The van der Waals surface area contributed by atoms with Gasteiger partial charge in [-0.05, 0) is 55.3 Å². The number of carbonyl (C=O) groups excluding carboxylic acids is 2. The molecule has 0 bridgehead atoms. The lowest BCUT2D eigenvalue weighted by atomic mass is 10.1. The van der Waals surface area contributed by atoms with E-state index in [2.05, 4.69) is 10.2 Å². The number of amides is 2. The van der Waals surface area contributed by atoms with Gasteiger partial charge in [0.05, 0.1) is 12.1 Å². The number of carbonyl (C=O) groups is 2. The van der Waals surface area contributed by atoms with E-state index in [1.54, 1.807) is 34.3 Å². The van der Waals surface area contributed by atoms with Gasteiger partial charge in [-0.3, -0.25) is 14.7 Å². The molecule has 1 aliphatic heterocycles. The summed E-state index contributed by atoms with van der Waals surface area (Å²) in [5.74, 6) is -0.256. The van der Waals surface area contributed by atoms with Gasteiger partial charge in [-0.2, -0.15) is 5.10 Å². The second-order valence-corrected chi connectivity index (χ2v) is 9.19. The highest BCUT2D eigenvalue weighted by molar-refractivity contribution is 7.10. The number of aryl methyl sites for hydroxylation is 1. The zero-order chi connectivity index (χ0) is 22.5. The number of nitrogens with one attached hydrogen (secondary N) is 1. The van der Waals surface area contributed by atoms with E-state index in [4.69, 9.17) is 0 Å². The molecule has 3 heterocycles. The molecule has 3 aromatic rings. The number of aromatic amines is 1. The summed E-state index contributed by atoms with van der Waals surface area (Å²) in [5.41, 5.74) is 2.38. The van der Waals surface area contributed by atoms with Crippen molar-refractivity contribution in [3.05, 3.63) is 64.2 Å². The van der Waals surface area contributed by atoms with E-state index in [0.717, 1.165) is 41.8 Å². The van der Waals surface area contributed by atoms with E-state index in [-0.39, 0.29) is 23.7 Å². The Morgan fingerprint density at radius 2 is 2.16 bits per heavy atom. The van der Waals surface area contributed by atoms with Crippen LogP contribution in [0, 0.1) is 5.82 Å². The molecule has 0 radical (unpaired) electrons. The molecule has 0 aliphatic carbocycles. The van der Waals surface area contributed by atoms with Gasteiger partial charge < -0.3 is 9.80 Å². The van der Waals surface area contributed by atoms with Crippen molar-refractivity contribution < 1.29 is 14.0 Å². The second kappa shape index (κ2) is 10.1. The van der Waals surface area contributed by atoms with Crippen molar-refractivity contribution in [2.45, 2.75) is 38.1 Å². The minimum atomic E-state index is -0.362. The van der Waals surface area contributed by atoms with Gasteiger partial charge in [-0.15, -0.1) is 11.3 Å². The van der Waals surface area contributed by atoms with Gasteiger partial charge in [0.25, 0.3) is 0 Å². The number of H-pyrrole nitrogens is 1. The standard InChI is InChI=1S/C24H27FN4O2S/c1-28(11-3-8-19-15-21(27-26-19)17-6-2-7-18(25)14-17)24(31)22-10-4-12-29(22)23(30)16-20-9-5-13-32-20/h2,5-7,9,13-15,22H,3-4,8,10-12,16H2,1H3,(H,26,27). The van der Waals surface area contributed by atoms with Crippen LogP contribution in [0.5, 0.6) is 0 Å². The maximum Gasteiger partial charge on any atom is 0.245 e. The minimum Gasteiger partial charge on any atom is -0.344 e. The Hall–Kier alpha value is -3.00. The number of benzene rings is 1. The van der Waals surface area contributed by atoms with E-state index >= 15 is 0 Å². The topological polar surface area (TPSA) is 69.3 Å². The zero-order valence-corrected chi connectivity index (χ0v) is 18.9. The molecule has 1 aliphatic rings.